The van der Waals surface area contributed by atoms with Crippen molar-refractivity contribution >= 4 is 11.6 Å². The lowest BCUT2D eigenvalue weighted by Gasteiger charge is -2.33. The number of fused-ring (bicyclic) bond motifs is 2. The zero-order chi connectivity index (χ0) is 12.5. The molecular weight excluding hydrogens is 244 g/mol. The summed E-state index contributed by atoms with van der Waals surface area (Å²) in [5, 5.41) is 4.67. The summed E-state index contributed by atoms with van der Waals surface area (Å²) in [5.74, 6) is 0.837. The van der Waals surface area contributed by atoms with Gasteiger partial charge in [0.2, 0.25) is 0 Å². The van der Waals surface area contributed by atoms with Crippen LogP contribution in [-0.4, -0.2) is 30.6 Å². The van der Waals surface area contributed by atoms with E-state index in [-0.39, 0.29) is 0 Å². The normalized spacial score (nSPS) is 32.4. The molecule has 2 nitrogen and oxygen atoms in total. The minimum Gasteiger partial charge on any atom is -0.307 e. The van der Waals surface area contributed by atoms with Gasteiger partial charge in [0.05, 0.1) is 0 Å². The van der Waals surface area contributed by atoms with Gasteiger partial charge in [-0.15, -0.1) is 0 Å². The molecule has 3 heteroatoms. The Labute approximate surface area is 114 Å². The maximum atomic E-state index is 6.27. The molecule has 1 aromatic rings. The van der Waals surface area contributed by atoms with Crippen molar-refractivity contribution in [2.45, 2.75) is 31.8 Å². The van der Waals surface area contributed by atoms with Crippen molar-refractivity contribution in [3.63, 3.8) is 0 Å². The molecule has 2 bridgehead atoms. The molecule has 2 saturated heterocycles. The largest absolute Gasteiger partial charge is 0.307 e. The van der Waals surface area contributed by atoms with Gasteiger partial charge < -0.3 is 10.2 Å². The SMILES string of the molecule is C[C@@H](NC1CCN2CCC1C2)c1ccccc1Cl. The zero-order valence-electron chi connectivity index (χ0n) is 10.9. The molecule has 0 amide bonds. The molecule has 2 fully saturated rings. The maximum absolute atomic E-state index is 6.27. The average molecular weight is 265 g/mol. The second-order valence-corrected chi connectivity index (χ2v) is 6.06. The smallest absolute Gasteiger partial charge is 0.0453 e. The first-order chi connectivity index (χ1) is 8.74. The number of piperidine rings is 1. The number of benzene rings is 1. The molecule has 0 aliphatic carbocycles. The van der Waals surface area contributed by atoms with Crippen LogP contribution in [0.25, 0.3) is 0 Å². The lowest BCUT2D eigenvalue weighted by atomic mass is 9.93. The van der Waals surface area contributed by atoms with E-state index in [4.69, 9.17) is 11.6 Å². The minimum atomic E-state index is 0.343. The van der Waals surface area contributed by atoms with E-state index in [0.29, 0.717) is 12.1 Å². The van der Waals surface area contributed by atoms with Crippen molar-refractivity contribution in [1.29, 1.82) is 0 Å². The van der Waals surface area contributed by atoms with E-state index in [1.54, 1.807) is 0 Å². The summed E-state index contributed by atoms with van der Waals surface area (Å²) in [7, 11) is 0. The Kier molecular flexibility index (Phi) is 3.60. The van der Waals surface area contributed by atoms with Gasteiger partial charge in [0.15, 0.2) is 0 Å². The van der Waals surface area contributed by atoms with Gasteiger partial charge in [-0.05, 0) is 50.4 Å². The molecule has 1 aromatic carbocycles. The van der Waals surface area contributed by atoms with Crippen molar-refractivity contribution in [2.24, 2.45) is 5.92 Å². The van der Waals surface area contributed by atoms with Crippen LogP contribution in [0.5, 0.6) is 0 Å². The lowest BCUT2D eigenvalue weighted by molar-refractivity contribution is 0.212. The van der Waals surface area contributed by atoms with Gasteiger partial charge in [0, 0.05) is 23.7 Å². The molecule has 3 rings (SSSR count). The third kappa shape index (κ3) is 2.42. The fourth-order valence-electron chi connectivity index (χ4n) is 3.41. The molecule has 3 unspecified atom stereocenters. The summed E-state index contributed by atoms with van der Waals surface area (Å²) in [5.41, 5.74) is 1.22. The highest BCUT2D eigenvalue weighted by Crippen LogP contribution is 2.30. The van der Waals surface area contributed by atoms with Crippen molar-refractivity contribution < 1.29 is 0 Å². The van der Waals surface area contributed by atoms with Gasteiger partial charge in [0.1, 0.15) is 0 Å². The number of halogens is 1. The zero-order valence-corrected chi connectivity index (χ0v) is 11.7. The Hall–Kier alpha value is -0.570. The molecule has 2 aliphatic heterocycles. The summed E-state index contributed by atoms with van der Waals surface area (Å²) in [6, 6.07) is 9.17. The van der Waals surface area contributed by atoms with E-state index in [1.165, 1.54) is 38.0 Å². The summed E-state index contributed by atoms with van der Waals surface area (Å²) in [6.07, 6.45) is 2.63. The van der Waals surface area contributed by atoms with E-state index < -0.39 is 0 Å². The van der Waals surface area contributed by atoms with E-state index in [0.717, 1.165) is 10.9 Å². The summed E-state index contributed by atoms with van der Waals surface area (Å²) >= 11 is 6.27. The Morgan fingerprint density at radius 3 is 2.89 bits per heavy atom. The Morgan fingerprint density at radius 2 is 2.06 bits per heavy atom. The van der Waals surface area contributed by atoms with Crippen molar-refractivity contribution in [3.8, 4) is 0 Å². The van der Waals surface area contributed by atoms with Crippen LogP contribution < -0.4 is 5.32 Å². The monoisotopic (exact) mass is 264 g/mol. The van der Waals surface area contributed by atoms with Crippen molar-refractivity contribution in [3.05, 3.63) is 34.9 Å². The molecular formula is C15H21ClN2. The quantitative estimate of drug-likeness (QED) is 0.903. The molecule has 0 saturated carbocycles. The number of hydrogen-bond acceptors (Lipinski definition) is 2. The van der Waals surface area contributed by atoms with Gasteiger partial charge in [-0.1, -0.05) is 29.8 Å². The predicted molar refractivity (Wildman–Crippen MR) is 76.0 cm³/mol. The van der Waals surface area contributed by atoms with Crippen LogP contribution in [0.15, 0.2) is 24.3 Å². The molecule has 1 N–H and O–H groups in total. The number of nitrogens with one attached hydrogen (secondary N) is 1. The van der Waals surface area contributed by atoms with Crippen LogP contribution in [0.1, 0.15) is 31.4 Å². The number of nitrogens with zero attached hydrogens (tertiary/aromatic N) is 1. The van der Waals surface area contributed by atoms with Crippen LogP contribution in [0.2, 0.25) is 5.02 Å². The van der Waals surface area contributed by atoms with Gasteiger partial charge in [-0.25, -0.2) is 0 Å². The molecule has 18 heavy (non-hydrogen) atoms. The summed E-state index contributed by atoms with van der Waals surface area (Å²) in [4.78, 5) is 2.59. The predicted octanol–water partition coefficient (Wildman–Crippen LogP) is 3.08. The minimum absolute atomic E-state index is 0.343. The molecule has 0 aromatic heterocycles. The number of hydrogen-bond donors (Lipinski definition) is 1. The molecule has 2 aliphatic rings. The van der Waals surface area contributed by atoms with Gasteiger partial charge >= 0.3 is 0 Å². The standard InChI is InChI=1S/C15H21ClN2/c1-11(13-4-2-3-5-14(13)16)17-15-7-9-18-8-6-12(15)10-18/h2-5,11-12,15,17H,6-10H2,1H3/t11-,12?,15?/m1/s1. The third-order valence-corrected chi connectivity index (χ3v) is 4.81. The fraction of sp³-hybridized carbons (Fsp3) is 0.600. The molecule has 4 atom stereocenters. The first-order valence-electron chi connectivity index (χ1n) is 6.97. The van der Waals surface area contributed by atoms with Crippen LogP contribution in [-0.2, 0) is 0 Å². The highest BCUT2D eigenvalue weighted by atomic mass is 35.5. The Morgan fingerprint density at radius 1 is 1.28 bits per heavy atom. The first-order valence-corrected chi connectivity index (χ1v) is 7.34. The van der Waals surface area contributed by atoms with Gasteiger partial charge in [-0.3, -0.25) is 0 Å². The van der Waals surface area contributed by atoms with E-state index in [9.17, 15) is 0 Å². The molecule has 2 heterocycles. The topological polar surface area (TPSA) is 15.3 Å². The third-order valence-electron chi connectivity index (χ3n) is 4.47. The Balaban J connectivity index is 1.67. The molecule has 0 spiro atoms. The molecule has 0 radical (unpaired) electrons. The lowest BCUT2D eigenvalue weighted by Crippen LogP contribution is -2.44. The van der Waals surface area contributed by atoms with Crippen LogP contribution >= 0.6 is 11.6 Å². The van der Waals surface area contributed by atoms with Gasteiger partial charge in [0.25, 0.3) is 0 Å². The number of rotatable bonds is 3. The van der Waals surface area contributed by atoms with E-state index >= 15 is 0 Å². The van der Waals surface area contributed by atoms with Crippen LogP contribution in [0.4, 0.5) is 0 Å². The van der Waals surface area contributed by atoms with E-state index in [1.807, 2.05) is 12.1 Å². The average Bonchev–Trinajstić information content (AvgIpc) is 2.76. The highest BCUT2D eigenvalue weighted by molar-refractivity contribution is 6.31. The summed E-state index contributed by atoms with van der Waals surface area (Å²) < 4.78 is 0. The maximum Gasteiger partial charge on any atom is 0.0453 e. The van der Waals surface area contributed by atoms with Gasteiger partial charge in [-0.2, -0.15) is 0 Å². The fourth-order valence-corrected chi connectivity index (χ4v) is 3.71. The summed E-state index contributed by atoms with van der Waals surface area (Å²) in [6.45, 7) is 6.06. The van der Waals surface area contributed by atoms with E-state index in [2.05, 4.69) is 29.3 Å². The van der Waals surface area contributed by atoms with Crippen LogP contribution in [0.3, 0.4) is 0 Å². The highest BCUT2D eigenvalue weighted by Gasteiger charge is 2.34. The second kappa shape index (κ2) is 5.20. The first kappa shape index (κ1) is 12.5. The van der Waals surface area contributed by atoms with Crippen LogP contribution in [0, 0.1) is 5.92 Å². The Bertz CT molecular complexity index is 421. The molecule has 98 valence electrons. The van der Waals surface area contributed by atoms with Crippen molar-refractivity contribution in [2.75, 3.05) is 19.6 Å². The van der Waals surface area contributed by atoms with Crippen molar-refractivity contribution in [1.82, 2.24) is 10.2 Å². The second-order valence-electron chi connectivity index (χ2n) is 5.65.